The molecule has 0 heterocycles. The highest BCUT2D eigenvalue weighted by Gasteiger charge is 2.22. The third-order valence-electron chi connectivity index (χ3n) is 2.96. The lowest BCUT2D eigenvalue weighted by atomic mass is 10.2. The van der Waals surface area contributed by atoms with Gasteiger partial charge in [-0.25, -0.2) is 8.42 Å². The van der Waals surface area contributed by atoms with E-state index in [0.29, 0.717) is 10.6 Å². The van der Waals surface area contributed by atoms with Gasteiger partial charge in [0.1, 0.15) is 6.54 Å². The van der Waals surface area contributed by atoms with Gasteiger partial charge in [0.05, 0.1) is 11.1 Å². The summed E-state index contributed by atoms with van der Waals surface area (Å²) in [5, 5.41) is 10.3. The zero-order chi connectivity index (χ0) is 16.9. The van der Waals surface area contributed by atoms with Crippen molar-refractivity contribution < 1.29 is 18.3 Å². The first-order valence-corrected chi connectivity index (χ1v) is 8.50. The quantitative estimate of drug-likeness (QED) is 0.867. The third-order valence-corrected chi connectivity index (χ3v) is 4.73. The van der Waals surface area contributed by atoms with Gasteiger partial charge in [-0.05, 0) is 29.8 Å². The van der Waals surface area contributed by atoms with E-state index >= 15 is 0 Å². The molecule has 120 valence electrons. The molecule has 2 aromatic rings. The van der Waals surface area contributed by atoms with E-state index in [0.717, 1.165) is 9.71 Å². The van der Waals surface area contributed by atoms with Crippen LogP contribution in [0.3, 0.4) is 0 Å². The van der Waals surface area contributed by atoms with Crippen LogP contribution in [0.2, 0.25) is 5.02 Å². The van der Waals surface area contributed by atoms with E-state index in [4.69, 9.17) is 16.7 Å². The summed E-state index contributed by atoms with van der Waals surface area (Å²) in [6, 6.07) is 14.8. The molecule has 0 fully saturated rings. The van der Waals surface area contributed by atoms with Crippen LogP contribution in [-0.4, -0.2) is 26.0 Å². The highest BCUT2D eigenvalue weighted by atomic mass is 35.5. The molecule has 0 bridgehead atoms. The van der Waals surface area contributed by atoms with Crippen LogP contribution in [0.15, 0.2) is 60.0 Å². The van der Waals surface area contributed by atoms with Gasteiger partial charge in [-0.1, -0.05) is 48.0 Å². The Morgan fingerprint density at radius 2 is 1.70 bits per heavy atom. The predicted octanol–water partition coefficient (Wildman–Crippen LogP) is 3.23. The number of carbonyl (C=O) groups is 1. The number of hydrogen-bond donors (Lipinski definition) is 1. The minimum absolute atomic E-state index is 0.277. The smallest absolute Gasteiger partial charge is 0.324 e. The van der Waals surface area contributed by atoms with Gasteiger partial charge in [-0.15, -0.1) is 0 Å². The monoisotopic (exact) mass is 351 g/mol. The summed E-state index contributed by atoms with van der Waals surface area (Å²) in [7, 11) is -3.97. The van der Waals surface area contributed by atoms with E-state index in [1.165, 1.54) is 18.2 Å². The molecular formula is C16H14ClNO4S. The summed E-state index contributed by atoms with van der Waals surface area (Å²) < 4.78 is 25.8. The van der Waals surface area contributed by atoms with Crippen molar-refractivity contribution in [1.82, 2.24) is 0 Å². The first kappa shape index (κ1) is 17.1. The number of benzene rings is 2. The van der Waals surface area contributed by atoms with Gasteiger partial charge in [-0.2, -0.15) is 0 Å². The Kier molecular flexibility index (Phi) is 5.41. The van der Waals surface area contributed by atoms with Crippen molar-refractivity contribution in [1.29, 1.82) is 0 Å². The topological polar surface area (TPSA) is 74.7 Å². The van der Waals surface area contributed by atoms with Crippen LogP contribution < -0.4 is 4.31 Å². The maximum Gasteiger partial charge on any atom is 0.324 e. The molecule has 1 N–H and O–H groups in total. The molecule has 5 nitrogen and oxygen atoms in total. The van der Waals surface area contributed by atoms with Crippen molar-refractivity contribution in [3.05, 3.63) is 70.6 Å². The molecule has 2 rings (SSSR count). The SMILES string of the molecule is O=C(O)CN(c1ccccc1)S(=O)(=O)/C=C/c1ccccc1Cl. The Labute approximate surface area is 139 Å². The van der Waals surface area contributed by atoms with Gasteiger partial charge in [-0.3, -0.25) is 9.10 Å². The minimum atomic E-state index is -3.97. The first-order chi connectivity index (χ1) is 10.9. The second-order valence-corrected chi connectivity index (χ2v) is 6.76. The lowest BCUT2D eigenvalue weighted by Crippen LogP contribution is -2.34. The van der Waals surface area contributed by atoms with Crippen molar-refractivity contribution >= 4 is 39.4 Å². The summed E-state index contributed by atoms with van der Waals surface area (Å²) in [5.41, 5.74) is 0.805. The van der Waals surface area contributed by atoms with Crippen LogP contribution in [0.5, 0.6) is 0 Å². The molecule has 7 heteroatoms. The average Bonchev–Trinajstić information content (AvgIpc) is 2.52. The molecular weight excluding hydrogens is 338 g/mol. The molecule has 0 saturated carbocycles. The Hall–Kier alpha value is -2.31. The predicted molar refractivity (Wildman–Crippen MR) is 90.8 cm³/mol. The molecule has 0 spiro atoms. The molecule has 0 aliphatic heterocycles. The highest BCUT2D eigenvalue weighted by molar-refractivity contribution is 7.95. The lowest BCUT2D eigenvalue weighted by molar-refractivity contribution is -0.135. The van der Waals surface area contributed by atoms with Crippen LogP contribution >= 0.6 is 11.6 Å². The van der Waals surface area contributed by atoms with Crippen molar-refractivity contribution in [2.45, 2.75) is 0 Å². The molecule has 2 aromatic carbocycles. The molecule has 0 aliphatic rings. The van der Waals surface area contributed by atoms with Crippen molar-refractivity contribution in [3.63, 3.8) is 0 Å². The number of aliphatic carboxylic acids is 1. The number of para-hydroxylation sites is 1. The molecule has 0 radical (unpaired) electrons. The number of carboxylic acid groups (broad SMARTS) is 1. The zero-order valence-corrected chi connectivity index (χ0v) is 13.5. The van der Waals surface area contributed by atoms with Gasteiger partial charge in [0.25, 0.3) is 10.0 Å². The van der Waals surface area contributed by atoms with Gasteiger partial charge in [0.2, 0.25) is 0 Å². The van der Waals surface area contributed by atoms with Gasteiger partial charge in [0, 0.05) is 5.02 Å². The Bertz CT molecular complexity index is 819. The molecule has 0 atom stereocenters. The van der Waals surface area contributed by atoms with E-state index in [1.807, 2.05) is 0 Å². The lowest BCUT2D eigenvalue weighted by Gasteiger charge is -2.20. The number of anilines is 1. The van der Waals surface area contributed by atoms with E-state index in [-0.39, 0.29) is 5.69 Å². The molecule has 0 amide bonds. The number of carboxylic acids is 1. The first-order valence-electron chi connectivity index (χ1n) is 6.62. The van der Waals surface area contributed by atoms with Crippen LogP contribution in [0.1, 0.15) is 5.56 Å². The fourth-order valence-electron chi connectivity index (χ4n) is 1.89. The largest absolute Gasteiger partial charge is 0.480 e. The number of sulfonamides is 1. The van der Waals surface area contributed by atoms with Crippen molar-refractivity contribution in [2.24, 2.45) is 0 Å². The van der Waals surface area contributed by atoms with Crippen molar-refractivity contribution in [3.8, 4) is 0 Å². The fraction of sp³-hybridized carbons (Fsp3) is 0.0625. The second kappa shape index (κ2) is 7.30. The number of hydrogen-bond acceptors (Lipinski definition) is 3. The molecule has 0 aromatic heterocycles. The summed E-state index contributed by atoms with van der Waals surface area (Å²) in [6.45, 7) is -0.667. The van der Waals surface area contributed by atoms with E-state index in [9.17, 15) is 13.2 Å². The maximum atomic E-state index is 12.5. The molecule has 23 heavy (non-hydrogen) atoms. The minimum Gasteiger partial charge on any atom is -0.480 e. The van der Waals surface area contributed by atoms with E-state index in [1.54, 1.807) is 42.5 Å². The average molecular weight is 352 g/mol. The summed E-state index contributed by atoms with van der Waals surface area (Å²) in [6.07, 6.45) is 1.34. The van der Waals surface area contributed by atoms with E-state index in [2.05, 4.69) is 0 Å². The van der Waals surface area contributed by atoms with Crippen molar-refractivity contribution in [2.75, 3.05) is 10.8 Å². The highest BCUT2D eigenvalue weighted by Crippen LogP contribution is 2.21. The molecule has 0 aliphatic carbocycles. The molecule has 0 unspecified atom stereocenters. The number of halogens is 1. The van der Waals surface area contributed by atoms with E-state index < -0.39 is 22.5 Å². The Balaban J connectivity index is 2.37. The Morgan fingerprint density at radius 3 is 2.30 bits per heavy atom. The summed E-state index contributed by atoms with van der Waals surface area (Å²) in [4.78, 5) is 11.0. The van der Waals surface area contributed by atoms with Crippen LogP contribution in [-0.2, 0) is 14.8 Å². The maximum absolute atomic E-state index is 12.5. The number of rotatable bonds is 6. The second-order valence-electron chi connectivity index (χ2n) is 4.61. The normalized spacial score (nSPS) is 11.5. The number of nitrogens with zero attached hydrogens (tertiary/aromatic N) is 1. The van der Waals surface area contributed by atoms with Crippen LogP contribution in [0.25, 0.3) is 6.08 Å². The Morgan fingerprint density at radius 1 is 1.09 bits per heavy atom. The third kappa shape index (κ3) is 4.58. The molecule has 0 saturated heterocycles. The van der Waals surface area contributed by atoms with Crippen LogP contribution in [0.4, 0.5) is 5.69 Å². The zero-order valence-electron chi connectivity index (χ0n) is 12.0. The van der Waals surface area contributed by atoms with Gasteiger partial charge in [0.15, 0.2) is 0 Å². The standard InChI is InChI=1S/C16H14ClNO4S/c17-15-9-5-4-6-13(15)10-11-23(21,22)18(12-16(19)20)14-7-2-1-3-8-14/h1-11H,12H2,(H,19,20)/b11-10+. The summed E-state index contributed by atoms with van der Waals surface area (Å²) in [5.74, 6) is -1.25. The van der Waals surface area contributed by atoms with Crippen LogP contribution in [0, 0.1) is 0 Å². The van der Waals surface area contributed by atoms with Gasteiger partial charge >= 0.3 is 5.97 Å². The summed E-state index contributed by atoms with van der Waals surface area (Å²) >= 11 is 5.98. The fourth-order valence-corrected chi connectivity index (χ4v) is 3.26. The van der Waals surface area contributed by atoms with Gasteiger partial charge < -0.3 is 5.11 Å².